The van der Waals surface area contributed by atoms with E-state index < -0.39 is 0 Å². The average Bonchev–Trinajstić information content (AvgIpc) is 2.91. The molecule has 0 spiro atoms. The van der Waals surface area contributed by atoms with E-state index in [9.17, 15) is 4.79 Å². The number of rotatable bonds is 9. The first-order valence-electron chi connectivity index (χ1n) is 7.51. The van der Waals surface area contributed by atoms with Crippen LogP contribution in [0.3, 0.4) is 0 Å². The van der Waals surface area contributed by atoms with Gasteiger partial charge in [-0.1, -0.05) is 25.0 Å². The largest absolute Gasteiger partial charge is 0.396 e. The van der Waals surface area contributed by atoms with Crippen molar-refractivity contribution in [2.45, 2.75) is 38.5 Å². The first-order chi connectivity index (χ1) is 10.3. The van der Waals surface area contributed by atoms with Gasteiger partial charge in [-0.2, -0.15) is 0 Å². The fraction of sp³-hybridized carbons (Fsp3) is 0.500. The summed E-state index contributed by atoms with van der Waals surface area (Å²) in [5.74, 6) is 0.0939. The number of hydrogen-bond acceptors (Lipinski definition) is 4. The molecule has 2 aromatic rings. The second-order valence-corrected chi connectivity index (χ2v) is 6.18. The first kappa shape index (κ1) is 15.9. The van der Waals surface area contributed by atoms with E-state index >= 15 is 0 Å². The van der Waals surface area contributed by atoms with Crippen molar-refractivity contribution in [2.75, 3.05) is 13.2 Å². The zero-order valence-electron chi connectivity index (χ0n) is 12.2. The summed E-state index contributed by atoms with van der Waals surface area (Å²) < 4.78 is 1.18. The van der Waals surface area contributed by atoms with Gasteiger partial charge in [-0.3, -0.25) is 4.79 Å². The van der Waals surface area contributed by atoms with Crippen molar-refractivity contribution in [2.24, 2.45) is 0 Å². The standard InChI is InChI=1S/C16H22N2O2S/c19-12-6-2-1-5-11-17-15(20)9-10-16-18-13-7-3-4-8-14(13)21-16/h3-4,7-8,19H,1-2,5-6,9-12H2,(H,17,20). The van der Waals surface area contributed by atoms with E-state index in [4.69, 9.17) is 5.11 Å². The third-order valence-corrected chi connectivity index (χ3v) is 4.41. The van der Waals surface area contributed by atoms with Crippen molar-refractivity contribution in [3.8, 4) is 0 Å². The number of benzene rings is 1. The van der Waals surface area contributed by atoms with Crippen molar-refractivity contribution in [3.63, 3.8) is 0 Å². The highest BCUT2D eigenvalue weighted by atomic mass is 32.1. The van der Waals surface area contributed by atoms with Crippen molar-refractivity contribution in [1.82, 2.24) is 10.3 Å². The van der Waals surface area contributed by atoms with Crippen LogP contribution in [-0.2, 0) is 11.2 Å². The number of nitrogens with one attached hydrogen (secondary N) is 1. The number of fused-ring (bicyclic) bond motifs is 1. The monoisotopic (exact) mass is 306 g/mol. The molecule has 0 bridgehead atoms. The third kappa shape index (κ3) is 5.44. The van der Waals surface area contributed by atoms with Gasteiger partial charge >= 0.3 is 0 Å². The fourth-order valence-corrected chi connectivity index (χ4v) is 3.12. The van der Waals surface area contributed by atoms with Gasteiger partial charge in [-0.25, -0.2) is 4.98 Å². The Labute approximate surface area is 129 Å². The summed E-state index contributed by atoms with van der Waals surface area (Å²) in [4.78, 5) is 16.3. The highest BCUT2D eigenvalue weighted by Gasteiger charge is 2.06. The lowest BCUT2D eigenvalue weighted by atomic mass is 10.2. The van der Waals surface area contributed by atoms with E-state index in [0.717, 1.165) is 42.8 Å². The summed E-state index contributed by atoms with van der Waals surface area (Å²) in [6, 6.07) is 8.05. The number of para-hydroxylation sites is 1. The van der Waals surface area contributed by atoms with Crippen molar-refractivity contribution in [3.05, 3.63) is 29.3 Å². The van der Waals surface area contributed by atoms with Gasteiger partial charge in [-0.05, 0) is 25.0 Å². The topological polar surface area (TPSA) is 62.2 Å². The van der Waals surface area contributed by atoms with Crippen LogP contribution in [0.2, 0.25) is 0 Å². The highest BCUT2D eigenvalue weighted by molar-refractivity contribution is 7.18. The molecular formula is C16H22N2O2S. The minimum atomic E-state index is 0.0939. The van der Waals surface area contributed by atoms with E-state index in [1.54, 1.807) is 11.3 Å². The SMILES string of the molecule is O=C(CCc1nc2ccccc2s1)NCCCCCCO. The molecule has 21 heavy (non-hydrogen) atoms. The number of aliphatic hydroxyl groups excluding tert-OH is 1. The van der Waals surface area contributed by atoms with E-state index in [0.29, 0.717) is 12.8 Å². The van der Waals surface area contributed by atoms with Gasteiger partial charge in [0.25, 0.3) is 0 Å². The van der Waals surface area contributed by atoms with Crippen LogP contribution in [0.25, 0.3) is 10.2 Å². The smallest absolute Gasteiger partial charge is 0.220 e. The lowest BCUT2D eigenvalue weighted by Gasteiger charge is -2.04. The number of nitrogens with zero attached hydrogens (tertiary/aromatic N) is 1. The Bertz CT molecular complexity index is 535. The van der Waals surface area contributed by atoms with Crippen LogP contribution < -0.4 is 5.32 Å². The minimum Gasteiger partial charge on any atom is -0.396 e. The molecular weight excluding hydrogens is 284 g/mol. The third-order valence-electron chi connectivity index (χ3n) is 3.31. The summed E-state index contributed by atoms with van der Waals surface area (Å²) in [5.41, 5.74) is 1.02. The van der Waals surface area contributed by atoms with Crippen LogP contribution in [0, 0.1) is 0 Å². The van der Waals surface area contributed by atoms with Crippen molar-refractivity contribution in [1.29, 1.82) is 0 Å². The maximum absolute atomic E-state index is 11.7. The number of aliphatic hydroxyl groups is 1. The minimum absolute atomic E-state index is 0.0939. The van der Waals surface area contributed by atoms with E-state index in [1.807, 2.05) is 18.2 Å². The van der Waals surface area contributed by atoms with Crippen molar-refractivity contribution < 1.29 is 9.90 Å². The van der Waals surface area contributed by atoms with Gasteiger partial charge < -0.3 is 10.4 Å². The van der Waals surface area contributed by atoms with Gasteiger partial charge in [0, 0.05) is 26.0 Å². The number of aryl methyl sites for hydroxylation is 1. The van der Waals surface area contributed by atoms with Gasteiger partial charge in [0.1, 0.15) is 0 Å². The Kier molecular flexibility index (Phi) is 6.63. The van der Waals surface area contributed by atoms with Crippen LogP contribution in [0.4, 0.5) is 0 Å². The lowest BCUT2D eigenvalue weighted by Crippen LogP contribution is -2.24. The summed E-state index contributed by atoms with van der Waals surface area (Å²) >= 11 is 1.66. The summed E-state index contributed by atoms with van der Waals surface area (Å²) in [6.07, 6.45) is 5.11. The maximum atomic E-state index is 11.7. The Balaban J connectivity index is 1.64. The summed E-state index contributed by atoms with van der Waals surface area (Å²) in [7, 11) is 0. The summed E-state index contributed by atoms with van der Waals surface area (Å²) in [5, 5.41) is 12.6. The highest BCUT2D eigenvalue weighted by Crippen LogP contribution is 2.22. The molecule has 0 aliphatic heterocycles. The van der Waals surface area contributed by atoms with Crippen LogP contribution in [0.15, 0.2) is 24.3 Å². The molecule has 0 aliphatic rings. The zero-order chi connectivity index (χ0) is 14.9. The number of carbonyl (C=O) groups excluding carboxylic acids is 1. The Morgan fingerprint density at radius 3 is 2.81 bits per heavy atom. The second kappa shape index (κ2) is 8.74. The van der Waals surface area contributed by atoms with Gasteiger partial charge in [0.2, 0.25) is 5.91 Å². The summed E-state index contributed by atoms with van der Waals surface area (Å²) in [6.45, 7) is 0.985. The number of carbonyl (C=O) groups is 1. The van der Waals surface area contributed by atoms with E-state index in [-0.39, 0.29) is 12.5 Å². The van der Waals surface area contributed by atoms with Crippen LogP contribution in [-0.4, -0.2) is 29.1 Å². The molecule has 0 atom stereocenters. The molecule has 1 amide bonds. The van der Waals surface area contributed by atoms with Gasteiger partial charge in [0.05, 0.1) is 15.2 Å². The normalized spacial score (nSPS) is 10.9. The predicted molar refractivity (Wildman–Crippen MR) is 86.5 cm³/mol. The number of unbranched alkanes of at least 4 members (excludes halogenated alkanes) is 3. The number of aromatic nitrogens is 1. The number of hydrogen-bond donors (Lipinski definition) is 2. The van der Waals surface area contributed by atoms with Crippen LogP contribution >= 0.6 is 11.3 Å². The number of thiazole rings is 1. The number of amides is 1. The molecule has 0 saturated heterocycles. The molecule has 2 N–H and O–H groups in total. The zero-order valence-corrected chi connectivity index (χ0v) is 13.0. The Hall–Kier alpha value is -1.46. The molecule has 1 heterocycles. The second-order valence-electron chi connectivity index (χ2n) is 5.06. The van der Waals surface area contributed by atoms with Crippen molar-refractivity contribution >= 4 is 27.5 Å². The molecule has 1 aromatic heterocycles. The molecule has 4 nitrogen and oxygen atoms in total. The molecule has 5 heteroatoms. The molecule has 0 radical (unpaired) electrons. The molecule has 1 aromatic carbocycles. The van der Waals surface area contributed by atoms with Crippen LogP contribution in [0.1, 0.15) is 37.1 Å². The lowest BCUT2D eigenvalue weighted by molar-refractivity contribution is -0.121. The molecule has 0 unspecified atom stereocenters. The molecule has 0 fully saturated rings. The molecule has 0 aliphatic carbocycles. The van der Waals surface area contributed by atoms with E-state index in [2.05, 4.69) is 16.4 Å². The molecule has 0 saturated carbocycles. The Morgan fingerprint density at radius 1 is 1.19 bits per heavy atom. The van der Waals surface area contributed by atoms with Crippen LogP contribution in [0.5, 0.6) is 0 Å². The quantitative estimate of drug-likeness (QED) is 0.700. The maximum Gasteiger partial charge on any atom is 0.220 e. The first-order valence-corrected chi connectivity index (χ1v) is 8.33. The van der Waals surface area contributed by atoms with Gasteiger partial charge in [0.15, 0.2) is 0 Å². The predicted octanol–water partition coefficient (Wildman–Crippen LogP) is 2.90. The van der Waals surface area contributed by atoms with E-state index in [1.165, 1.54) is 4.70 Å². The fourth-order valence-electron chi connectivity index (χ4n) is 2.15. The average molecular weight is 306 g/mol. The Morgan fingerprint density at radius 2 is 2.00 bits per heavy atom. The molecule has 114 valence electrons. The molecule has 2 rings (SSSR count). The van der Waals surface area contributed by atoms with Gasteiger partial charge in [-0.15, -0.1) is 11.3 Å².